The van der Waals surface area contributed by atoms with Crippen molar-refractivity contribution in [1.29, 1.82) is 0 Å². The lowest BCUT2D eigenvalue weighted by atomic mass is 10.1. The zero-order valence-electron chi connectivity index (χ0n) is 7.51. The molecule has 4 nitrogen and oxygen atoms in total. The van der Waals surface area contributed by atoms with Gasteiger partial charge in [0.15, 0.2) is 0 Å². The minimum Gasteiger partial charge on any atom is -0.392 e. The zero-order chi connectivity index (χ0) is 10.2. The fraction of sp³-hybridized carbons (Fsp3) is 0.200. The van der Waals surface area contributed by atoms with Crippen LogP contribution in [0.15, 0.2) is 29.4 Å². The first kappa shape index (κ1) is 10.1. The molecule has 1 rings (SSSR count). The van der Waals surface area contributed by atoms with Crippen LogP contribution < -0.4 is 0 Å². The van der Waals surface area contributed by atoms with Crippen LogP contribution in [0.5, 0.6) is 0 Å². The van der Waals surface area contributed by atoms with Crippen molar-refractivity contribution in [2.45, 2.75) is 6.61 Å². The maximum atomic E-state index is 8.86. The molecule has 0 spiro atoms. The Morgan fingerprint density at radius 2 is 2.36 bits per heavy atom. The average Bonchev–Trinajstić information content (AvgIpc) is 2.25. The standard InChI is InChI=1S/C10H9N3O/c11-13-12-6-2-5-9-3-1-4-10(7-9)8-14/h1,3-4,7,14H,6,8H2. The minimum atomic E-state index is 0.00582. The number of rotatable bonds is 2. The molecule has 0 heterocycles. The number of azide groups is 1. The van der Waals surface area contributed by atoms with Crippen molar-refractivity contribution in [2.24, 2.45) is 5.11 Å². The van der Waals surface area contributed by atoms with Crippen LogP contribution in [-0.2, 0) is 6.61 Å². The van der Waals surface area contributed by atoms with Gasteiger partial charge in [0, 0.05) is 10.5 Å². The molecular weight excluding hydrogens is 178 g/mol. The second kappa shape index (κ2) is 5.65. The highest BCUT2D eigenvalue weighted by molar-refractivity contribution is 5.37. The molecule has 1 aromatic carbocycles. The first-order valence-electron chi connectivity index (χ1n) is 4.06. The normalized spacial score (nSPS) is 8.36. The third-order valence-corrected chi connectivity index (χ3v) is 1.56. The second-order valence-electron chi connectivity index (χ2n) is 2.55. The fourth-order valence-electron chi connectivity index (χ4n) is 0.956. The van der Waals surface area contributed by atoms with Gasteiger partial charge >= 0.3 is 0 Å². The van der Waals surface area contributed by atoms with Gasteiger partial charge in [0.05, 0.1) is 13.2 Å². The molecule has 0 aromatic heterocycles. The molecule has 4 heteroatoms. The van der Waals surface area contributed by atoms with Crippen LogP contribution in [0.2, 0.25) is 0 Å². The van der Waals surface area contributed by atoms with Gasteiger partial charge in [-0.2, -0.15) is 0 Å². The van der Waals surface area contributed by atoms with E-state index in [9.17, 15) is 0 Å². The third kappa shape index (κ3) is 3.20. The number of aliphatic hydroxyl groups excluding tert-OH is 1. The van der Waals surface area contributed by atoms with E-state index in [1.54, 1.807) is 6.07 Å². The van der Waals surface area contributed by atoms with E-state index in [2.05, 4.69) is 21.9 Å². The van der Waals surface area contributed by atoms with Gasteiger partial charge in [-0.3, -0.25) is 0 Å². The van der Waals surface area contributed by atoms with E-state index in [4.69, 9.17) is 10.6 Å². The Bertz CT molecular complexity index is 411. The van der Waals surface area contributed by atoms with Crippen LogP contribution in [0, 0.1) is 11.8 Å². The topological polar surface area (TPSA) is 69.0 Å². The SMILES string of the molecule is [N-]=[N+]=NCC#Cc1cccc(CO)c1. The molecule has 0 aliphatic carbocycles. The van der Waals surface area contributed by atoms with Crippen LogP contribution in [-0.4, -0.2) is 11.7 Å². The monoisotopic (exact) mass is 187 g/mol. The minimum absolute atomic E-state index is 0.00582. The molecule has 1 aromatic rings. The van der Waals surface area contributed by atoms with E-state index in [1.165, 1.54) is 0 Å². The average molecular weight is 187 g/mol. The summed E-state index contributed by atoms with van der Waals surface area (Å²) in [5.41, 5.74) is 9.63. The summed E-state index contributed by atoms with van der Waals surface area (Å²) in [5.74, 6) is 5.53. The predicted octanol–water partition coefficient (Wildman–Crippen LogP) is 1.84. The highest BCUT2D eigenvalue weighted by Gasteiger charge is 1.89. The van der Waals surface area contributed by atoms with E-state index >= 15 is 0 Å². The summed E-state index contributed by atoms with van der Waals surface area (Å²) in [6.45, 7) is 0.172. The van der Waals surface area contributed by atoms with Gasteiger partial charge in [0.25, 0.3) is 0 Å². The lowest BCUT2D eigenvalue weighted by Crippen LogP contribution is -1.83. The van der Waals surface area contributed by atoms with E-state index in [-0.39, 0.29) is 13.2 Å². The molecule has 0 saturated heterocycles. The molecule has 0 fully saturated rings. The molecule has 0 amide bonds. The Hall–Kier alpha value is -1.95. The number of hydrogen-bond donors (Lipinski definition) is 1. The maximum absolute atomic E-state index is 8.86. The molecule has 14 heavy (non-hydrogen) atoms. The van der Waals surface area contributed by atoms with E-state index in [1.807, 2.05) is 18.2 Å². The molecule has 0 bridgehead atoms. The molecule has 1 N–H and O–H groups in total. The Labute approximate surface area is 81.8 Å². The van der Waals surface area contributed by atoms with Gasteiger partial charge in [-0.05, 0) is 23.2 Å². The lowest BCUT2D eigenvalue weighted by molar-refractivity contribution is 0.282. The Kier molecular flexibility index (Phi) is 4.09. The summed E-state index contributed by atoms with van der Waals surface area (Å²) in [7, 11) is 0. The van der Waals surface area contributed by atoms with Crippen molar-refractivity contribution < 1.29 is 5.11 Å². The quantitative estimate of drug-likeness (QED) is 0.326. The zero-order valence-corrected chi connectivity index (χ0v) is 7.51. The first-order chi connectivity index (χ1) is 6.86. The fourth-order valence-corrected chi connectivity index (χ4v) is 0.956. The number of hydrogen-bond acceptors (Lipinski definition) is 2. The van der Waals surface area contributed by atoms with Gasteiger partial charge in [-0.25, -0.2) is 0 Å². The molecule has 0 atom stereocenters. The van der Waals surface area contributed by atoms with Gasteiger partial charge in [0.1, 0.15) is 0 Å². The van der Waals surface area contributed by atoms with Crippen molar-refractivity contribution in [1.82, 2.24) is 0 Å². The van der Waals surface area contributed by atoms with Crippen molar-refractivity contribution in [2.75, 3.05) is 6.54 Å². The number of aliphatic hydroxyl groups is 1. The van der Waals surface area contributed by atoms with E-state index in [0.717, 1.165) is 11.1 Å². The van der Waals surface area contributed by atoms with Gasteiger partial charge in [-0.1, -0.05) is 29.1 Å². The highest BCUT2D eigenvalue weighted by Crippen LogP contribution is 2.03. The summed E-state index contributed by atoms with van der Waals surface area (Å²) >= 11 is 0. The summed E-state index contributed by atoms with van der Waals surface area (Å²) < 4.78 is 0. The van der Waals surface area contributed by atoms with Crippen LogP contribution >= 0.6 is 0 Å². The van der Waals surface area contributed by atoms with Crippen molar-refractivity contribution in [3.05, 3.63) is 45.8 Å². The molecule has 70 valence electrons. The summed E-state index contributed by atoms with van der Waals surface area (Å²) in [5, 5.41) is 12.1. The van der Waals surface area contributed by atoms with Gasteiger partial charge in [0.2, 0.25) is 0 Å². The molecule has 0 radical (unpaired) electrons. The molecule has 0 saturated carbocycles. The van der Waals surface area contributed by atoms with Crippen LogP contribution in [0.1, 0.15) is 11.1 Å². The Balaban J connectivity index is 2.73. The van der Waals surface area contributed by atoms with Crippen LogP contribution in [0.3, 0.4) is 0 Å². The lowest BCUT2D eigenvalue weighted by Gasteiger charge is -1.94. The van der Waals surface area contributed by atoms with E-state index in [0.29, 0.717) is 0 Å². The van der Waals surface area contributed by atoms with Crippen LogP contribution in [0.25, 0.3) is 10.4 Å². The summed E-state index contributed by atoms with van der Waals surface area (Å²) in [6, 6.07) is 7.27. The first-order valence-corrected chi connectivity index (χ1v) is 4.06. The number of benzene rings is 1. The Morgan fingerprint density at radius 1 is 1.50 bits per heavy atom. The largest absolute Gasteiger partial charge is 0.392 e. The molecule has 0 unspecified atom stereocenters. The van der Waals surface area contributed by atoms with Crippen molar-refractivity contribution in [3.8, 4) is 11.8 Å². The second-order valence-corrected chi connectivity index (χ2v) is 2.55. The highest BCUT2D eigenvalue weighted by atomic mass is 16.3. The van der Waals surface area contributed by atoms with Crippen LogP contribution in [0.4, 0.5) is 0 Å². The summed E-state index contributed by atoms with van der Waals surface area (Å²) in [4.78, 5) is 2.58. The van der Waals surface area contributed by atoms with Gasteiger partial charge < -0.3 is 5.11 Å². The molecule has 0 aliphatic heterocycles. The van der Waals surface area contributed by atoms with Crippen molar-refractivity contribution in [3.63, 3.8) is 0 Å². The molecular formula is C10H9N3O. The smallest absolute Gasteiger partial charge is 0.0880 e. The number of nitrogens with zero attached hydrogens (tertiary/aromatic N) is 3. The molecule has 0 aliphatic rings. The predicted molar refractivity (Wildman–Crippen MR) is 53.3 cm³/mol. The van der Waals surface area contributed by atoms with E-state index < -0.39 is 0 Å². The summed E-state index contributed by atoms with van der Waals surface area (Å²) in [6.07, 6.45) is 0. The van der Waals surface area contributed by atoms with Gasteiger partial charge in [-0.15, -0.1) is 0 Å². The third-order valence-electron chi connectivity index (χ3n) is 1.56. The maximum Gasteiger partial charge on any atom is 0.0880 e. The Morgan fingerprint density at radius 3 is 3.07 bits per heavy atom. The van der Waals surface area contributed by atoms with Crippen molar-refractivity contribution >= 4 is 0 Å².